The van der Waals surface area contributed by atoms with Crippen molar-refractivity contribution in [2.24, 2.45) is 5.84 Å². The molecule has 1 rings (SSSR count). The third-order valence-electron chi connectivity index (χ3n) is 2.11. The van der Waals surface area contributed by atoms with Crippen LogP contribution < -0.4 is 16.6 Å². The summed E-state index contributed by atoms with van der Waals surface area (Å²) in [6.45, 7) is 1.55. The predicted molar refractivity (Wildman–Crippen MR) is 65.3 cm³/mol. The van der Waals surface area contributed by atoms with Crippen LogP contribution in [0.15, 0.2) is 12.1 Å². The lowest BCUT2D eigenvalue weighted by molar-refractivity contribution is 0.0946. The molecule has 0 saturated carbocycles. The number of anilines is 1. The fraction of sp³-hybridized carbons (Fsp3) is 0.500. The first-order valence-corrected chi connectivity index (χ1v) is 5.36. The lowest BCUT2D eigenvalue weighted by Crippen LogP contribution is -2.28. The highest BCUT2D eigenvalue weighted by atomic mass is 16.1. The fourth-order valence-corrected chi connectivity index (χ4v) is 1.22. The van der Waals surface area contributed by atoms with Gasteiger partial charge >= 0.3 is 0 Å². The second-order valence-corrected chi connectivity index (χ2v) is 3.86. The molecule has 94 valence electrons. The standard InChI is InChI=1S/C10H18N6O/c1-16(2)7-3-6-12-10(17)8-4-5-9(13-11)15-14-8/h4-5H,3,6-7,11H2,1-2H3,(H,12,17)(H,13,15). The first kappa shape index (κ1) is 13.3. The van der Waals surface area contributed by atoms with E-state index in [2.05, 4.69) is 25.8 Å². The van der Waals surface area contributed by atoms with Crippen LogP contribution in [-0.4, -0.2) is 48.2 Å². The molecule has 0 bridgehead atoms. The average molecular weight is 238 g/mol. The van der Waals surface area contributed by atoms with Crippen molar-refractivity contribution in [2.45, 2.75) is 6.42 Å². The van der Waals surface area contributed by atoms with Crippen LogP contribution in [0.25, 0.3) is 0 Å². The molecule has 0 saturated heterocycles. The molecule has 0 aromatic carbocycles. The topological polar surface area (TPSA) is 96.2 Å². The summed E-state index contributed by atoms with van der Waals surface area (Å²) in [5, 5.41) is 10.2. The maximum Gasteiger partial charge on any atom is 0.271 e. The molecular weight excluding hydrogens is 220 g/mol. The number of nitrogen functional groups attached to an aromatic ring is 1. The van der Waals surface area contributed by atoms with Gasteiger partial charge in [0, 0.05) is 6.54 Å². The molecule has 1 amide bonds. The Balaban J connectivity index is 2.36. The van der Waals surface area contributed by atoms with Crippen molar-refractivity contribution >= 4 is 11.7 Å². The zero-order chi connectivity index (χ0) is 12.7. The summed E-state index contributed by atoms with van der Waals surface area (Å²) in [6.07, 6.45) is 0.897. The summed E-state index contributed by atoms with van der Waals surface area (Å²) in [7, 11) is 3.98. The Bertz CT molecular complexity index is 350. The highest BCUT2D eigenvalue weighted by molar-refractivity contribution is 5.92. The zero-order valence-corrected chi connectivity index (χ0v) is 10.1. The maximum atomic E-state index is 11.6. The zero-order valence-electron chi connectivity index (χ0n) is 10.1. The molecule has 1 heterocycles. The third-order valence-corrected chi connectivity index (χ3v) is 2.11. The molecule has 0 aliphatic carbocycles. The number of nitrogens with one attached hydrogen (secondary N) is 2. The molecule has 0 aliphatic rings. The van der Waals surface area contributed by atoms with Gasteiger partial charge in [-0.2, -0.15) is 0 Å². The average Bonchev–Trinajstić information content (AvgIpc) is 2.34. The smallest absolute Gasteiger partial charge is 0.271 e. The van der Waals surface area contributed by atoms with Gasteiger partial charge < -0.3 is 15.6 Å². The molecule has 0 fully saturated rings. The molecule has 7 heteroatoms. The van der Waals surface area contributed by atoms with Crippen LogP contribution in [0.2, 0.25) is 0 Å². The van der Waals surface area contributed by atoms with Crippen LogP contribution in [0, 0.1) is 0 Å². The predicted octanol–water partition coefficient (Wildman–Crippen LogP) is -0.556. The normalized spacial score (nSPS) is 10.4. The SMILES string of the molecule is CN(C)CCCNC(=O)c1ccc(NN)nn1. The number of hydrogen-bond acceptors (Lipinski definition) is 6. The minimum Gasteiger partial charge on any atom is -0.351 e. The molecule has 1 aromatic heterocycles. The Morgan fingerprint density at radius 1 is 1.41 bits per heavy atom. The lowest BCUT2D eigenvalue weighted by Gasteiger charge is -2.09. The molecule has 17 heavy (non-hydrogen) atoms. The molecule has 7 nitrogen and oxygen atoms in total. The molecule has 0 spiro atoms. The summed E-state index contributed by atoms with van der Waals surface area (Å²) in [4.78, 5) is 13.7. The van der Waals surface area contributed by atoms with Gasteiger partial charge in [0.2, 0.25) is 0 Å². The number of amides is 1. The Hall–Kier alpha value is -1.73. The monoisotopic (exact) mass is 238 g/mol. The summed E-state index contributed by atoms with van der Waals surface area (Å²) < 4.78 is 0. The Labute approximate surface area is 100 Å². The van der Waals surface area contributed by atoms with Crippen LogP contribution in [0.5, 0.6) is 0 Å². The minimum absolute atomic E-state index is 0.222. The van der Waals surface area contributed by atoms with Gasteiger partial charge in [-0.15, -0.1) is 10.2 Å². The van der Waals surface area contributed by atoms with E-state index in [9.17, 15) is 4.79 Å². The van der Waals surface area contributed by atoms with Crippen molar-refractivity contribution in [2.75, 3.05) is 32.6 Å². The molecule has 0 unspecified atom stereocenters. The summed E-state index contributed by atoms with van der Waals surface area (Å²) in [5.74, 6) is 5.35. The highest BCUT2D eigenvalue weighted by Crippen LogP contribution is 1.99. The van der Waals surface area contributed by atoms with Crippen LogP contribution in [-0.2, 0) is 0 Å². The summed E-state index contributed by atoms with van der Waals surface area (Å²) >= 11 is 0. The number of carbonyl (C=O) groups excluding carboxylic acids is 1. The van der Waals surface area contributed by atoms with Gasteiger partial charge in [-0.1, -0.05) is 0 Å². The number of rotatable bonds is 6. The van der Waals surface area contributed by atoms with Crippen molar-refractivity contribution in [1.29, 1.82) is 0 Å². The van der Waals surface area contributed by atoms with Gasteiger partial charge in [-0.05, 0) is 39.2 Å². The van der Waals surface area contributed by atoms with E-state index in [0.717, 1.165) is 13.0 Å². The third kappa shape index (κ3) is 4.75. The number of aromatic nitrogens is 2. The molecular formula is C10H18N6O. The number of nitrogens with two attached hydrogens (primary N) is 1. The quantitative estimate of drug-likeness (QED) is 0.349. The van der Waals surface area contributed by atoms with Crippen molar-refractivity contribution in [1.82, 2.24) is 20.4 Å². The molecule has 0 radical (unpaired) electrons. The van der Waals surface area contributed by atoms with E-state index in [0.29, 0.717) is 12.4 Å². The summed E-state index contributed by atoms with van der Waals surface area (Å²) in [5.41, 5.74) is 2.63. The van der Waals surface area contributed by atoms with Gasteiger partial charge in [-0.3, -0.25) is 4.79 Å². The van der Waals surface area contributed by atoms with Crippen molar-refractivity contribution in [3.05, 3.63) is 17.8 Å². The van der Waals surface area contributed by atoms with E-state index < -0.39 is 0 Å². The highest BCUT2D eigenvalue weighted by Gasteiger charge is 2.06. The van der Waals surface area contributed by atoms with E-state index >= 15 is 0 Å². The molecule has 0 aliphatic heterocycles. The number of carbonyl (C=O) groups is 1. The van der Waals surface area contributed by atoms with E-state index in [1.807, 2.05) is 14.1 Å². The number of hydrazine groups is 1. The van der Waals surface area contributed by atoms with E-state index in [1.165, 1.54) is 0 Å². The van der Waals surface area contributed by atoms with Crippen LogP contribution in [0.3, 0.4) is 0 Å². The van der Waals surface area contributed by atoms with E-state index in [-0.39, 0.29) is 11.6 Å². The van der Waals surface area contributed by atoms with Gasteiger partial charge in [0.1, 0.15) is 0 Å². The minimum atomic E-state index is -0.222. The lowest BCUT2D eigenvalue weighted by atomic mass is 10.3. The Morgan fingerprint density at radius 3 is 2.71 bits per heavy atom. The second kappa shape index (κ2) is 6.77. The van der Waals surface area contributed by atoms with Crippen LogP contribution >= 0.6 is 0 Å². The maximum absolute atomic E-state index is 11.6. The van der Waals surface area contributed by atoms with Gasteiger partial charge in [0.25, 0.3) is 5.91 Å². The fourth-order valence-electron chi connectivity index (χ4n) is 1.22. The van der Waals surface area contributed by atoms with Gasteiger partial charge in [-0.25, -0.2) is 5.84 Å². The first-order chi connectivity index (χ1) is 8.13. The van der Waals surface area contributed by atoms with Gasteiger partial charge in [0.15, 0.2) is 11.5 Å². The Morgan fingerprint density at radius 2 is 2.18 bits per heavy atom. The second-order valence-electron chi connectivity index (χ2n) is 3.86. The summed E-state index contributed by atoms with van der Waals surface area (Å²) in [6, 6.07) is 3.17. The first-order valence-electron chi connectivity index (χ1n) is 5.36. The largest absolute Gasteiger partial charge is 0.351 e. The van der Waals surface area contributed by atoms with Crippen LogP contribution in [0.4, 0.5) is 5.82 Å². The number of nitrogens with zero attached hydrogens (tertiary/aromatic N) is 3. The van der Waals surface area contributed by atoms with E-state index in [1.54, 1.807) is 12.1 Å². The number of hydrogen-bond donors (Lipinski definition) is 3. The molecule has 1 aromatic rings. The van der Waals surface area contributed by atoms with E-state index in [4.69, 9.17) is 5.84 Å². The molecule has 0 atom stereocenters. The molecule has 4 N–H and O–H groups in total. The van der Waals surface area contributed by atoms with Gasteiger partial charge in [0.05, 0.1) is 0 Å². The Kier molecular flexibility index (Phi) is 5.31. The van der Waals surface area contributed by atoms with Crippen molar-refractivity contribution in [3.63, 3.8) is 0 Å². The van der Waals surface area contributed by atoms with Crippen molar-refractivity contribution in [3.8, 4) is 0 Å². The van der Waals surface area contributed by atoms with Crippen LogP contribution in [0.1, 0.15) is 16.9 Å². The van der Waals surface area contributed by atoms with Crippen molar-refractivity contribution < 1.29 is 4.79 Å².